The Bertz CT molecular complexity index is 499. The van der Waals surface area contributed by atoms with Crippen molar-refractivity contribution in [1.29, 1.82) is 0 Å². The van der Waals surface area contributed by atoms with Crippen LogP contribution in [0.4, 0.5) is 0 Å². The van der Waals surface area contributed by atoms with E-state index in [9.17, 15) is 4.79 Å². The molecule has 2 unspecified atom stereocenters. The zero-order valence-electron chi connectivity index (χ0n) is 17.9. The van der Waals surface area contributed by atoms with E-state index in [2.05, 4.69) is 50.2 Å². The molecule has 0 aliphatic carbocycles. The highest BCUT2D eigenvalue weighted by Crippen LogP contribution is 2.21. The minimum atomic E-state index is -0.0172. The van der Waals surface area contributed by atoms with E-state index in [0.29, 0.717) is 12.3 Å². The fourth-order valence-electron chi connectivity index (χ4n) is 3.80. The van der Waals surface area contributed by atoms with Gasteiger partial charge in [0.1, 0.15) is 0 Å². The fraction of sp³-hybridized carbons (Fsp3) is 0.900. The van der Waals surface area contributed by atoms with E-state index < -0.39 is 0 Å². The molecule has 2 fully saturated rings. The van der Waals surface area contributed by atoms with Crippen LogP contribution in [0.1, 0.15) is 53.9 Å². The summed E-state index contributed by atoms with van der Waals surface area (Å²) < 4.78 is 5.86. The van der Waals surface area contributed by atoms with Crippen LogP contribution in [0.2, 0.25) is 0 Å². The van der Waals surface area contributed by atoms with Gasteiger partial charge in [-0.05, 0) is 47.5 Å². The third kappa shape index (κ3) is 6.96. The third-order valence-corrected chi connectivity index (χ3v) is 5.31. The number of ether oxygens (including phenoxy) is 1. The van der Waals surface area contributed by atoms with Crippen LogP contribution in [0.3, 0.4) is 0 Å². The molecule has 1 amide bonds. The molecule has 0 bridgehead atoms. The van der Waals surface area contributed by atoms with Gasteiger partial charge < -0.3 is 20.3 Å². The average molecular weight is 382 g/mol. The first kappa shape index (κ1) is 22.0. The Morgan fingerprint density at radius 2 is 1.96 bits per heavy atom. The topological polar surface area (TPSA) is 69.2 Å². The van der Waals surface area contributed by atoms with Gasteiger partial charge in [0.15, 0.2) is 5.96 Å². The van der Waals surface area contributed by atoms with Gasteiger partial charge in [-0.25, -0.2) is 0 Å². The van der Waals surface area contributed by atoms with Crippen molar-refractivity contribution in [2.75, 3.05) is 45.8 Å². The molecule has 2 saturated heterocycles. The van der Waals surface area contributed by atoms with E-state index in [1.807, 2.05) is 4.90 Å². The van der Waals surface area contributed by atoms with Crippen LogP contribution in [0, 0.1) is 0 Å². The molecule has 0 aromatic heterocycles. The summed E-state index contributed by atoms with van der Waals surface area (Å²) in [6.45, 7) is 16.9. The molecule has 156 valence electrons. The van der Waals surface area contributed by atoms with E-state index in [1.165, 1.54) is 0 Å². The number of nitrogens with zero attached hydrogens (tertiary/aromatic N) is 3. The zero-order valence-corrected chi connectivity index (χ0v) is 17.9. The van der Waals surface area contributed by atoms with E-state index in [1.54, 1.807) is 0 Å². The molecular formula is C20H39N5O2. The number of carbonyl (C=O) groups excluding carboxylic acids is 1. The molecule has 2 N–H and O–H groups in total. The molecule has 0 spiro atoms. The van der Waals surface area contributed by atoms with Crippen LogP contribution < -0.4 is 10.6 Å². The summed E-state index contributed by atoms with van der Waals surface area (Å²) in [5.41, 5.74) is -0.0172. The standard InChI is InChI=1S/C20H39N5O2/c1-6-21-19(22-10-8-12-24-11-7-9-18(24)26)23-15-20(4,5)25-13-16(2)27-17(3)14-25/h16-17H,6-15H2,1-5H3,(H2,21,22,23). The largest absolute Gasteiger partial charge is 0.373 e. The Hall–Kier alpha value is -1.34. The predicted molar refractivity (Wildman–Crippen MR) is 110 cm³/mol. The molecule has 7 nitrogen and oxygen atoms in total. The number of morpholine rings is 1. The van der Waals surface area contributed by atoms with E-state index in [-0.39, 0.29) is 17.7 Å². The number of amides is 1. The molecule has 7 heteroatoms. The van der Waals surface area contributed by atoms with Gasteiger partial charge in [0.2, 0.25) is 5.91 Å². The number of rotatable bonds is 8. The van der Waals surface area contributed by atoms with Crippen molar-refractivity contribution in [1.82, 2.24) is 20.4 Å². The van der Waals surface area contributed by atoms with Gasteiger partial charge in [-0.3, -0.25) is 14.7 Å². The molecule has 2 atom stereocenters. The summed E-state index contributed by atoms with van der Waals surface area (Å²) in [5.74, 6) is 1.15. The molecule has 0 saturated carbocycles. The van der Waals surface area contributed by atoms with Gasteiger partial charge in [-0.1, -0.05) is 0 Å². The SMILES string of the molecule is CCNC(=NCC(C)(C)N1CC(C)OC(C)C1)NCCCN1CCCC1=O. The maximum atomic E-state index is 11.7. The highest BCUT2D eigenvalue weighted by atomic mass is 16.5. The van der Waals surface area contributed by atoms with Crippen LogP contribution >= 0.6 is 0 Å². The number of aliphatic imine (C=N–C) groups is 1. The highest BCUT2D eigenvalue weighted by Gasteiger charge is 2.33. The van der Waals surface area contributed by atoms with Crippen LogP contribution in [-0.2, 0) is 9.53 Å². The number of nitrogens with one attached hydrogen (secondary N) is 2. The van der Waals surface area contributed by atoms with E-state index in [4.69, 9.17) is 9.73 Å². The molecule has 2 heterocycles. The lowest BCUT2D eigenvalue weighted by Gasteiger charge is -2.44. The van der Waals surface area contributed by atoms with Gasteiger partial charge in [0.05, 0.1) is 18.8 Å². The smallest absolute Gasteiger partial charge is 0.222 e. The first-order valence-corrected chi connectivity index (χ1v) is 10.5. The lowest BCUT2D eigenvalue weighted by Crippen LogP contribution is -2.56. The van der Waals surface area contributed by atoms with Crippen molar-refractivity contribution in [2.45, 2.75) is 71.6 Å². The molecule has 27 heavy (non-hydrogen) atoms. The number of guanidine groups is 1. The summed E-state index contributed by atoms with van der Waals surface area (Å²) >= 11 is 0. The Balaban J connectivity index is 1.81. The molecule has 2 rings (SSSR count). The number of carbonyl (C=O) groups is 1. The molecule has 2 aliphatic heterocycles. The van der Waals surface area contributed by atoms with Crippen molar-refractivity contribution in [3.63, 3.8) is 0 Å². The fourth-order valence-corrected chi connectivity index (χ4v) is 3.80. The Morgan fingerprint density at radius 1 is 1.26 bits per heavy atom. The van der Waals surface area contributed by atoms with Crippen molar-refractivity contribution in [3.05, 3.63) is 0 Å². The Kier molecular flexibility index (Phi) is 8.35. The van der Waals surface area contributed by atoms with Crippen molar-refractivity contribution < 1.29 is 9.53 Å². The molecular weight excluding hydrogens is 342 g/mol. The van der Waals surface area contributed by atoms with E-state index >= 15 is 0 Å². The van der Waals surface area contributed by atoms with Gasteiger partial charge in [0.25, 0.3) is 0 Å². The predicted octanol–water partition coefficient (Wildman–Crippen LogP) is 1.44. The van der Waals surface area contributed by atoms with Crippen molar-refractivity contribution in [3.8, 4) is 0 Å². The van der Waals surface area contributed by atoms with Gasteiger partial charge >= 0.3 is 0 Å². The molecule has 0 aromatic rings. The normalized spacial score (nSPS) is 25.1. The molecule has 2 aliphatic rings. The summed E-state index contributed by atoms with van der Waals surface area (Å²) in [4.78, 5) is 20.9. The maximum Gasteiger partial charge on any atom is 0.222 e. The monoisotopic (exact) mass is 381 g/mol. The minimum absolute atomic E-state index is 0.0172. The zero-order chi connectivity index (χ0) is 19.9. The Labute approximate surface area is 164 Å². The van der Waals surface area contributed by atoms with Gasteiger partial charge in [-0.2, -0.15) is 0 Å². The molecule has 0 aromatic carbocycles. The van der Waals surface area contributed by atoms with Crippen LogP contribution in [-0.4, -0.2) is 85.2 Å². The maximum absolute atomic E-state index is 11.7. The van der Waals surface area contributed by atoms with Crippen molar-refractivity contribution >= 4 is 11.9 Å². The van der Waals surface area contributed by atoms with Gasteiger partial charge in [-0.15, -0.1) is 0 Å². The number of hydrogen-bond donors (Lipinski definition) is 2. The lowest BCUT2D eigenvalue weighted by atomic mass is 10.0. The summed E-state index contributed by atoms with van der Waals surface area (Å²) in [6.07, 6.45) is 3.18. The second-order valence-electron chi connectivity index (χ2n) is 8.43. The first-order chi connectivity index (χ1) is 12.8. The number of hydrogen-bond acceptors (Lipinski definition) is 4. The number of likely N-dealkylation sites (tertiary alicyclic amines) is 1. The quantitative estimate of drug-likeness (QED) is 0.378. The summed E-state index contributed by atoms with van der Waals surface area (Å²) in [5, 5.41) is 6.74. The summed E-state index contributed by atoms with van der Waals surface area (Å²) in [7, 11) is 0. The Morgan fingerprint density at radius 3 is 2.56 bits per heavy atom. The second kappa shape index (κ2) is 10.3. The highest BCUT2D eigenvalue weighted by molar-refractivity contribution is 5.80. The summed E-state index contributed by atoms with van der Waals surface area (Å²) in [6, 6.07) is 0. The van der Waals surface area contributed by atoms with Crippen LogP contribution in [0.15, 0.2) is 4.99 Å². The first-order valence-electron chi connectivity index (χ1n) is 10.5. The van der Waals surface area contributed by atoms with Gasteiger partial charge in [0, 0.05) is 51.2 Å². The lowest BCUT2D eigenvalue weighted by molar-refractivity contribution is -0.127. The molecule has 0 radical (unpaired) electrons. The van der Waals surface area contributed by atoms with Crippen LogP contribution in [0.5, 0.6) is 0 Å². The van der Waals surface area contributed by atoms with Crippen molar-refractivity contribution in [2.24, 2.45) is 4.99 Å². The van der Waals surface area contributed by atoms with E-state index in [0.717, 1.165) is 64.6 Å². The third-order valence-electron chi connectivity index (χ3n) is 5.31. The average Bonchev–Trinajstić information content (AvgIpc) is 3.00. The minimum Gasteiger partial charge on any atom is -0.373 e. The van der Waals surface area contributed by atoms with Crippen LogP contribution in [0.25, 0.3) is 0 Å². The second-order valence-corrected chi connectivity index (χ2v) is 8.43.